The molecule has 0 saturated carbocycles. The number of aromatic nitrogens is 3. The Hall–Kier alpha value is -1.98. The van der Waals surface area contributed by atoms with Crippen LogP contribution < -0.4 is 0 Å². The Morgan fingerprint density at radius 2 is 2.12 bits per heavy atom. The number of hydrogen-bond acceptors (Lipinski definition) is 5. The number of alkyl halides is 3. The molecule has 142 valence electrons. The van der Waals surface area contributed by atoms with Crippen molar-refractivity contribution in [3.8, 4) is 0 Å². The van der Waals surface area contributed by atoms with Gasteiger partial charge < -0.3 is 4.74 Å². The smallest absolute Gasteiger partial charge is 0.378 e. The first-order valence-electron chi connectivity index (χ1n) is 7.79. The minimum Gasteiger partial charge on any atom is -0.378 e. The van der Waals surface area contributed by atoms with E-state index in [0.29, 0.717) is 24.8 Å². The molecule has 0 N–H and O–H groups in total. The van der Waals surface area contributed by atoms with Crippen LogP contribution in [-0.2, 0) is 27.5 Å². The zero-order valence-electron chi connectivity index (χ0n) is 13.8. The Balaban J connectivity index is 1.79. The van der Waals surface area contributed by atoms with E-state index in [1.54, 1.807) is 10.9 Å². The van der Waals surface area contributed by atoms with Gasteiger partial charge >= 0.3 is 6.18 Å². The van der Waals surface area contributed by atoms with E-state index in [1.165, 1.54) is 17.5 Å². The lowest BCUT2D eigenvalue weighted by molar-refractivity contribution is -0.137. The summed E-state index contributed by atoms with van der Waals surface area (Å²) in [5, 5.41) is 7.90. The standard InChI is InChI=1S/C15H17F3N4O3S/c1-25-10-12-8-22(20-19-12)13-5-6-21(9-13)26(23,24)14-4-2-3-11(7-14)15(16,17)18/h2-4,7-8,13H,5-6,9-10H2,1H3. The van der Waals surface area contributed by atoms with Crippen LogP contribution in [0.2, 0.25) is 0 Å². The molecule has 2 aromatic rings. The third kappa shape index (κ3) is 3.74. The minimum atomic E-state index is -4.60. The van der Waals surface area contributed by atoms with Gasteiger partial charge in [-0.2, -0.15) is 17.5 Å². The number of benzene rings is 1. The maximum Gasteiger partial charge on any atom is 0.416 e. The molecule has 1 saturated heterocycles. The van der Waals surface area contributed by atoms with Crippen molar-refractivity contribution in [3.63, 3.8) is 0 Å². The van der Waals surface area contributed by atoms with Crippen LogP contribution in [0.4, 0.5) is 13.2 Å². The van der Waals surface area contributed by atoms with E-state index in [4.69, 9.17) is 4.74 Å². The predicted molar refractivity (Wildman–Crippen MR) is 84.6 cm³/mol. The van der Waals surface area contributed by atoms with Crippen LogP contribution in [0.3, 0.4) is 0 Å². The van der Waals surface area contributed by atoms with E-state index >= 15 is 0 Å². The molecule has 3 rings (SSSR count). The van der Waals surface area contributed by atoms with Gasteiger partial charge in [0.15, 0.2) is 0 Å². The monoisotopic (exact) mass is 390 g/mol. The molecule has 0 aliphatic carbocycles. The SMILES string of the molecule is COCc1cn(C2CCN(S(=O)(=O)c3cccc(C(F)(F)F)c3)C2)nn1. The lowest BCUT2D eigenvalue weighted by atomic mass is 10.2. The van der Waals surface area contributed by atoms with Gasteiger partial charge in [0, 0.05) is 20.2 Å². The molecule has 1 aliphatic rings. The van der Waals surface area contributed by atoms with Crippen LogP contribution >= 0.6 is 0 Å². The highest BCUT2D eigenvalue weighted by atomic mass is 32.2. The van der Waals surface area contributed by atoms with Crippen LogP contribution in [0.5, 0.6) is 0 Å². The van der Waals surface area contributed by atoms with E-state index < -0.39 is 21.8 Å². The van der Waals surface area contributed by atoms with Gasteiger partial charge in [0.05, 0.1) is 29.3 Å². The lowest BCUT2D eigenvalue weighted by Gasteiger charge is -2.17. The summed E-state index contributed by atoms with van der Waals surface area (Å²) in [5.41, 5.74) is -0.374. The van der Waals surface area contributed by atoms with Gasteiger partial charge in [0.1, 0.15) is 5.69 Å². The normalized spacial score (nSPS) is 19.2. The number of halogens is 3. The van der Waals surface area contributed by atoms with Gasteiger partial charge in [0.25, 0.3) is 0 Å². The molecule has 0 radical (unpaired) electrons. The van der Waals surface area contributed by atoms with Crippen LogP contribution in [0, 0.1) is 0 Å². The van der Waals surface area contributed by atoms with Crippen molar-refractivity contribution in [2.24, 2.45) is 0 Å². The van der Waals surface area contributed by atoms with Crippen molar-refractivity contribution in [2.75, 3.05) is 20.2 Å². The fraction of sp³-hybridized carbons (Fsp3) is 0.467. The quantitative estimate of drug-likeness (QED) is 0.781. The van der Waals surface area contributed by atoms with Gasteiger partial charge in [-0.1, -0.05) is 11.3 Å². The Labute approximate surface area is 148 Å². The first-order valence-corrected chi connectivity index (χ1v) is 9.23. The molecule has 1 atom stereocenters. The molecular formula is C15H17F3N4O3S. The molecule has 2 heterocycles. The van der Waals surface area contributed by atoms with E-state index in [2.05, 4.69) is 10.3 Å². The number of nitrogens with zero attached hydrogens (tertiary/aromatic N) is 4. The molecule has 0 spiro atoms. The molecule has 26 heavy (non-hydrogen) atoms. The van der Waals surface area contributed by atoms with Crippen LogP contribution in [0.25, 0.3) is 0 Å². The Bertz CT molecular complexity index is 882. The summed E-state index contributed by atoms with van der Waals surface area (Å²) in [6.07, 6.45) is -2.43. The highest BCUT2D eigenvalue weighted by Gasteiger charge is 2.36. The predicted octanol–water partition coefficient (Wildman–Crippen LogP) is 2.08. The summed E-state index contributed by atoms with van der Waals surface area (Å²) in [6, 6.07) is 3.54. The van der Waals surface area contributed by atoms with Crippen molar-refractivity contribution in [1.29, 1.82) is 0 Å². The second-order valence-corrected chi connectivity index (χ2v) is 7.89. The minimum absolute atomic E-state index is 0.119. The van der Waals surface area contributed by atoms with E-state index in [-0.39, 0.29) is 24.0 Å². The van der Waals surface area contributed by atoms with E-state index in [1.807, 2.05) is 0 Å². The Kier molecular flexibility index (Phi) is 5.04. The van der Waals surface area contributed by atoms with Crippen molar-refractivity contribution in [2.45, 2.75) is 30.1 Å². The summed E-state index contributed by atoms with van der Waals surface area (Å²) in [7, 11) is -2.49. The topological polar surface area (TPSA) is 77.3 Å². The second kappa shape index (κ2) is 6.97. The van der Waals surface area contributed by atoms with Crippen molar-refractivity contribution in [1.82, 2.24) is 19.3 Å². The highest BCUT2D eigenvalue weighted by molar-refractivity contribution is 7.89. The molecule has 1 aromatic carbocycles. The molecular weight excluding hydrogens is 373 g/mol. The van der Waals surface area contributed by atoms with Crippen molar-refractivity contribution in [3.05, 3.63) is 41.7 Å². The van der Waals surface area contributed by atoms with Gasteiger partial charge in [0.2, 0.25) is 10.0 Å². The van der Waals surface area contributed by atoms with Crippen LogP contribution in [-0.4, -0.2) is 47.9 Å². The second-order valence-electron chi connectivity index (χ2n) is 5.95. The van der Waals surface area contributed by atoms with E-state index in [0.717, 1.165) is 12.1 Å². The average Bonchev–Trinajstić information content (AvgIpc) is 3.24. The van der Waals surface area contributed by atoms with E-state index in [9.17, 15) is 21.6 Å². The molecule has 1 unspecified atom stereocenters. The number of sulfonamides is 1. The molecule has 1 aromatic heterocycles. The van der Waals surface area contributed by atoms with Crippen LogP contribution in [0.1, 0.15) is 23.7 Å². The maximum absolute atomic E-state index is 12.8. The Morgan fingerprint density at radius 3 is 2.81 bits per heavy atom. The van der Waals surface area contributed by atoms with Gasteiger partial charge in [-0.05, 0) is 24.6 Å². The molecule has 1 aliphatic heterocycles. The highest BCUT2D eigenvalue weighted by Crippen LogP contribution is 2.32. The van der Waals surface area contributed by atoms with Crippen molar-refractivity contribution >= 4 is 10.0 Å². The van der Waals surface area contributed by atoms with Crippen LogP contribution in [0.15, 0.2) is 35.4 Å². The summed E-state index contributed by atoms with van der Waals surface area (Å²) >= 11 is 0. The summed E-state index contributed by atoms with van der Waals surface area (Å²) in [6.45, 7) is 0.607. The Morgan fingerprint density at radius 1 is 1.35 bits per heavy atom. The summed E-state index contributed by atoms with van der Waals surface area (Å²) in [4.78, 5) is -0.369. The number of ether oxygens (including phenoxy) is 1. The third-order valence-corrected chi connectivity index (χ3v) is 6.01. The summed E-state index contributed by atoms with van der Waals surface area (Å²) in [5.74, 6) is 0. The number of methoxy groups -OCH3 is 1. The molecule has 0 amide bonds. The molecule has 7 nitrogen and oxygen atoms in total. The zero-order valence-corrected chi connectivity index (χ0v) is 14.7. The molecule has 1 fully saturated rings. The molecule has 11 heteroatoms. The van der Waals surface area contributed by atoms with Gasteiger partial charge in [-0.15, -0.1) is 5.10 Å². The fourth-order valence-electron chi connectivity index (χ4n) is 2.83. The summed E-state index contributed by atoms with van der Waals surface area (Å²) < 4.78 is 71.6. The first-order chi connectivity index (χ1) is 12.2. The number of hydrogen-bond donors (Lipinski definition) is 0. The van der Waals surface area contributed by atoms with Gasteiger partial charge in [-0.3, -0.25) is 0 Å². The van der Waals surface area contributed by atoms with Gasteiger partial charge in [-0.25, -0.2) is 13.1 Å². The third-order valence-electron chi connectivity index (χ3n) is 4.15. The largest absolute Gasteiger partial charge is 0.416 e. The average molecular weight is 390 g/mol. The first kappa shape index (κ1) is 18.8. The fourth-order valence-corrected chi connectivity index (χ4v) is 4.37. The molecule has 0 bridgehead atoms. The zero-order chi connectivity index (χ0) is 18.9. The maximum atomic E-state index is 12.8. The number of rotatable bonds is 5. The van der Waals surface area contributed by atoms with Crippen molar-refractivity contribution < 1.29 is 26.3 Å². The lowest BCUT2D eigenvalue weighted by Crippen LogP contribution is -2.29.